The second-order valence-electron chi connectivity index (χ2n) is 4.96. The first-order valence-corrected chi connectivity index (χ1v) is 7.23. The molecule has 0 saturated carbocycles. The van der Waals surface area contributed by atoms with Gasteiger partial charge in [-0.25, -0.2) is 4.79 Å². The molecule has 25 heavy (non-hydrogen) atoms. The Bertz CT molecular complexity index is 781. The summed E-state index contributed by atoms with van der Waals surface area (Å²) in [6, 6.07) is 5.82. The van der Waals surface area contributed by atoms with Crippen LogP contribution in [0.2, 0.25) is 0 Å². The average molecular weight is 347 g/mol. The summed E-state index contributed by atoms with van der Waals surface area (Å²) in [6.07, 6.45) is 1.35. The molecule has 0 aliphatic carbocycles. The summed E-state index contributed by atoms with van der Waals surface area (Å²) in [7, 11) is 2.83. The number of carbonyl (C=O) groups excluding carboxylic acids is 3. The van der Waals surface area contributed by atoms with Crippen LogP contribution in [0, 0.1) is 0 Å². The Balaban J connectivity index is 2.38. The maximum atomic E-state index is 12.3. The molecule has 1 amide bonds. The molecule has 0 unspecified atom stereocenters. The van der Waals surface area contributed by atoms with Gasteiger partial charge in [-0.15, -0.1) is 0 Å². The number of esters is 1. The van der Waals surface area contributed by atoms with Gasteiger partial charge >= 0.3 is 5.97 Å². The van der Waals surface area contributed by atoms with Crippen molar-refractivity contribution in [2.45, 2.75) is 6.92 Å². The molecule has 0 saturated heterocycles. The first-order chi connectivity index (χ1) is 12.0. The lowest BCUT2D eigenvalue weighted by atomic mass is 10.1. The van der Waals surface area contributed by atoms with Crippen molar-refractivity contribution >= 4 is 23.3 Å². The monoisotopic (exact) mass is 347 g/mol. The molecule has 8 nitrogen and oxygen atoms in total. The summed E-state index contributed by atoms with van der Waals surface area (Å²) in [5.41, 5.74) is 0.145. The second-order valence-corrected chi connectivity index (χ2v) is 4.96. The van der Waals surface area contributed by atoms with Crippen molar-refractivity contribution in [3.63, 3.8) is 0 Å². The van der Waals surface area contributed by atoms with E-state index in [1.807, 2.05) is 0 Å². The standard InChI is InChI=1S/C17H17NO7/c1-10(19)9-25-17(21)11-7-14(22-2)15(23-3)8-12(11)18-16(20)13-5-4-6-24-13/h4-8H,9H2,1-3H3,(H,18,20). The number of rotatable bonds is 7. The lowest BCUT2D eigenvalue weighted by Crippen LogP contribution is -2.17. The van der Waals surface area contributed by atoms with Crippen LogP contribution in [0.4, 0.5) is 5.69 Å². The number of furan rings is 1. The van der Waals surface area contributed by atoms with E-state index >= 15 is 0 Å². The molecule has 1 heterocycles. The third-order valence-electron chi connectivity index (χ3n) is 3.14. The van der Waals surface area contributed by atoms with Crippen molar-refractivity contribution in [3.8, 4) is 11.5 Å². The fraction of sp³-hybridized carbons (Fsp3) is 0.235. The van der Waals surface area contributed by atoms with Crippen molar-refractivity contribution in [2.24, 2.45) is 0 Å². The van der Waals surface area contributed by atoms with Crippen molar-refractivity contribution in [1.82, 2.24) is 0 Å². The quantitative estimate of drug-likeness (QED) is 0.766. The van der Waals surface area contributed by atoms with Crippen LogP contribution in [0.15, 0.2) is 34.9 Å². The summed E-state index contributed by atoms with van der Waals surface area (Å²) >= 11 is 0. The number of hydrogen-bond acceptors (Lipinski definition) is 7. The zero-order chi connectivity index (χ0) is 18.4. The minimum Gasteiger partial charge on any atom is -0.493 e. The number of ether oxygens (including phenoxy) is 3. The molecule has 0 fully saturated rings. The van der Waals surface area contributed by atoms with Crippen molar-refractivity contribution in [2.75, 3.05) is 26.1 Å². The van der Waals surface area contributed by atoms with Gasteiger partial charge in [0.1, 0.15) is 6.61 Å². The largest absolute Gasteiger partial charge is 0.493 e. The van der Waals surface area contributed by atoms with Crippen LogP contribution in [0.5, 0.6) is 11.5 Å². The van der Waals surface area contributed by atoms with E-state index in [2.05, 4.69) is 5.32 Å². The molecule has 8 heteroatoms. The fourth-order valence-electron chi connectivity index (χ4n) is 1.99. The minimum absolute atomic E-state index is 0.0128. The molecular formula is C17H17NO7. The first kappa shape index (κ1) is 18.1. The number of hydrogen-bond donors (Lipinski definition) is 1. The number of methoxy groups -OCH3 is 2. The molecule has 0 atom stereocenters. The van der Waals surface area contributed by atoms with Crippen molar-refractivity contribution in [3.05, 3.63) is 41.9 Å². The average Bonchev–Trinajstić information content (AvgIpc) is 3.13. The van der Waals surface area contributed by atoms with Crippen LogP contribution < -0.4 is 14.8 Å². The van der Waals surface area contributed by atoms with Gasteiger partial charge in [0.15, 0.2) is 23.0 Å². The van der Waals surface area contributed by atoms with E-state index in [0.29, 0.717) is 5.75 Å². The van der Waals surface area contributed by atoms with Crippen LogP contribution in [-0.4, -0.2) is 38.5 Å². The molecule has 2 aromatic rings. The molecular weight excluding hydrogens is 330 g/mol. The van der Waals surface area contributed by atoms with Crippen molar-refractivity contribution in [1.29, 1.82) is 0 Å². The Morgan fingerprint density at radius 3 is 2.36 bits per heavy atom. The van der Waals surface area contributed by atoms with Crippen molar-refractivity contribution < 1.29 is 33.0 Å². The van der Waals surface area contributed by atoms with E-state index in [0.717, 1.165) is 0 Å². The highest BCUT2D eigenvalue weighted by Gasteiger charge is 2.21. The summed E-state index contributed by atoms with van der Waals surface area (Å²) in [5.74, 6) is -1.01. The summed E-state index contributed by atoms with van der Waals surface area (Å²) < 4.78 is 20.3. The van der Waals surface area contributed by atoms with E-state index < -0.39 is 11.9 Å². The normalized spacial score (nSPS) is 10.0. The molecule has 1 N–H and O–H groups in total. The maximum Gasteiger partial charge on any atom is 0.340 e. The Hall–Kier alpha value is -3.29. The number of benzene rings is 1. The number of Topliss-reactive ketones (excluding diaryl/α,β-unsaturated/α-hetero) is 1. The molecule has 0 spiro atoms. The number of carbonyl (C=O) groups is 3. The van der Waals surface area contributed by atoms with Gasteiger partial charge in [-0.1, -0.05) is 0 Å². The van der Waals surface area contributed by atoms with Gasteiger partial charge in [0, 0.05) is 12.1 Å². The van der Waals surface area contributed by atoms with Gasteiger partial charge in [-0.05, 0) is 19.1 Å². The highest BCUT2D eigenvalue weighted by molar-refractivity contribution is 6.07. The Morgan fingerprint density at radius 2 is 1.80 bits per heavy atom. The second kappa shape index (κ2) is 8.00. The number of nitrogens with one attached hydrogen (secondary N) is 1. The van der Waals surface area contributed by atoms with Gasteiger partial charge < -0.3 is 23.9 Å². The summed E-state index contributed by atoms with van der Waals surface area (Å²) in [6.45, 7) is 0.917. The van der Waals surface area contributed by atoms with Crippen LogP contribution in [0.1, 0.15) is 27.8 Å². The van der Waals surface area contributed by atoms with Gasteiger partial charge in [0.2, 0.25) is 0 Å². The molecule has 2 rings (SSSR count). The highest BCUT2D eigenvalue weighted by atomic mass is 16.5. The molecule has 0 aliphatic heterocycles. The SMILES string of the molecule is COc1cc(NC(=O)c2ccco2)c(C(=O)OCC(C)=O)cc1OC. The van der Waals surface area contributed by atoms with Gasteiger partial charge in [-0.2, -0.15) is 0 Å². The zero-order valence-corrected chi connectivity index (χ0v) is 14.0. The van der Waals surface area contributed by atoms with Gasteiger partial charge in [0.25, 0.3) is 5.91 Å². The number of anilines is 1. The maximum absolute atomic E-state index is 12.3. The molecule has 1 aromatic carbocycles. The topological polar surface area (TPSA) is 104 Å². The van der Waals surface area contributed by atoms with Crippen LogP contribution in [-0.2, 0) is 9.53 Å². The summed E-state index contributed by atoms with van der Waals surface area (Å²) in [4.78, 5) is 35.5. The van der Waals surface area contributed by atoms with Crippen LogP contribution >= 0.6 is 0 Å². The van der Waals surface area contributed by atoms with Gasteiger partial charge in [0.05, 0.1) is 31.7 Å². The zero-order valence-electron chi connectivity index (χ0n) is 14.0. The third kappa shape index (κ3) is 4.37. The predicted molar refractivity (Wildman–Crippen MR) is 87.2 cm³/mol. The molecule has 0 bridgehead atoms. The van der Waals surface area contributed by atoms with E-state index in [9.17, 15) is 14.4 Å². The minimum atomic E-state index is -0.786. The molecule has 0 radical (unpaired) electrons. The predicted octanol–water partition coefficient (Wildman–Crippen LogP) is 2.29. The third-order valence-corrected chi connectivity index (χ3v) is 3.14. The van der Waals surface area contributed by atoms with Crippen LogP contribution in [0.3, 0.4) is 0 Å². The number of amides is 1. The van der Waals surface area contributed by atoms with Gasteiger partial charge in [-0.3, -0.25) is 9.59 Å². The Kier molecular flexibility index (Phi) is 5.78. The van der Waals surface area contributed by atoms with E-state index in [-0.39, 0.29) is 35.2 Å². The Morgan fingerprint density at radius 1 is 1.12 bits per heavy atom. The van der Waals surface area contributed by atoms with E-state index in [1.54, 1.807) is 6.07 Å². The molecule has 132 valence electrons. The van der Waals surface area contributed by atoms with E-state index in [4.69, 9.17) is 18.6 Å². The smallest absolute Gasteiger partial charge is 0.340 e. The van der Waals surface area contributed by atoms with E-state index in [1.165, 1.54) is 45.6 Å². The molecule has 0 aliphatic rings. The van der Waals surface area contributed by atoms with Crippen LogP contribution in [0.25, 0.3) is 0 Å². The summed E-state index contributed by atoms with van der Waals surface area (Å²) in [5, 5.41) is 2.55. The first-order valence-electron chi connectivity index (χ1n) is 7.23. The lowest BCUT2D eigenvalue weighted by molar-refractivity contribution is -0.120. The fourth-order valence-corrected chi connectivity index (χ4v) is 1.99. The Labute approximate surface area is 143 Å². The lowest BCUT2D eigenvalue weighted by Gasteiger charge is -2.14. The number of ketones is 1. The highest BCUT2D eigenvalue weighted by Crippen LogP contribution is 2.34. The molecule has 1 aromatic heterocycles.